The van der Waals surface area contributed by atoms with Crippen LogP contribution < -0.4 is 20.9 Å². The van der Waals surface area contributed by atoms with Crippen LogP contribution in [0.5, 0.6) is 5.75 Å². The van der Waals surface area contributed by atoms with E-state index < -0.39 is 11.5 Å². The van der Waals surface area contributed by atoms with Crippen LogP contribution in [0.15, 0.2) is 52.8 Å². The minimum absolute atomic E-state index is 0.00695. The molecule has 9 heteroatoms. The maximum atomic E-state index is 12.2. The molecule has 0 radical (unpaired) electrons. The third-order valence-corrected chi connectivity index (χ3v) is 4.43. The van der Waals surface area contributed by atoms with Gasteiger partial charge in [-0.1, -0.05) is 0 Å². The second kappa shape index (κ2) is 8.96. The molecule has 0 saturated heterocycles. The van der Waals surface area contributed by atoms with Crippen LogP contribution in [-0.2, 0) is 11.2 Å². The number of hydrogen-bond donors (Lipinski definition) is 3. The molecule has 0 unspecified atom stereocenters. The Morgan fingerprint density at radius 2 is 1.96 bits per heavy atom. The average molecular weight is 398 g/mol. The van der Waals surface area contributed by atoms with Crippen molar-refractivity contribution in [3.63, 3.8) is 0 Å². The van der Waals surface area contributed by atoms with E-state index in [2.05, 4.69) is 20.6 Å². The maximum absolute atomic E-state index is 12.2. The molecule has 0 saturated carbocycles. The summed E-state index contributed by atoms with van der Waals surface area (Å²) in [7, 11) is 0. The highest BCUT2D eigenvalue weighted by Gasteiger charge is 2.13. The highest BCUT2D eigenvalue weighted by molar-refractivity contribution is 7.14. The monoisotopic (exact) mass is 398 g/mol. The van der Waals surface area contributed by atoms with E-state index in [-0.39, 0.29) is 17.9 Å². The summed E-state index contributed by atoms with van der Waals surface area (Å²) in [6.07, 6.45) is 1.51. The molecule has 144 valence electrons. The molecule has 2 aromatic heterocycles. The number of carbonyl (C=O) groups excluding carboxylic acids is 2. The minimum atomic E-state index is -0.554. The van der Waals surface area contributed by atoms with Crippen molar-refractivity contribution in [2.45, 2.75) is 13.3 Å². The van der Waals surface area contributed by atoms with Crippen LogP contribution in [0.2, 0.25) is 0 Å². The predicted octanol–water partition coefficient (Wildman–Crippen LogP) is 2.66. The number of nitrogens with zero attached hydrogens (tertiary/aromatic N) is 1. The first-order chi connectivity index (χ1) is 13.5. The van der Waals surface area contributed by atoms with Crippen molar-refractivity contribution in [3.8, 4) is 5.75 Å². The summed E-state index contributed by atoms with van der Waals surface area (Å²) < 4.78 is 5.36. The molecule has 3 N–H and O–H groups in total. The molecule has 2 heterocycles. The third-order valence-electron chi connectivity index (χ3n) is 3.63. The molecule has 8 nitrogen and oxygen atoms in total. The Bertz CT molecular complexity index is 1030. The second-order valence-electron chi connectivity index (χ2n) is 5.69. The van der Waals surface area contributed by atoms with Gasteiger partial charge in [-0.3, -0.25) is 19.7 Å². The zero-order chi connectivity index (χ0) is 19.9. The quantitative estimate of drug-likeness (QED) is 0.566. The molecular weight excluding hydrogens is 380 g/mol. The van der Waals surface area contributed by atoms with Gasteiger partial charge in [-0.25, -0.2) is 4.98 Å². The number of thiazole rings is 1. The Kier molecular flexibility index (Phi) is 6.18. The predicted molar refractivity (Wildman–Crippen MR) is 107 cm³/mol. The Balaban J connectivity index is 1.56. The largest absolute Gasteiger partial charge is 0.494 e. The van der Waals surface area contributed by atoms with Crippen LogP contribution in [0.25, 0.3) is 0 Å². The maximum Gasteiger partial charge on any atom is 0.263 e. The molecule has 0 aliphatic heterocycles. The highest BCUT2D eigenvalue weighted by atomic mass is 32.1. The Labute approximate surface area is 164 Å². The van der Waals surface area contributed by atoms with Gasteiger partial charge in [0.1, 0.15) is 11.3 Å². The number of aromatic nitrogens is 2. The van der Waals surface area contributed by atoms with Gasteiger partial charge in [-0.2, -0.15) is 0 Å². The van der Waals surface area contributed by atoms with E-state index in [0.29, 0.717) is 23.1 Å². The van der Waals surface area contributed by atoms with Gasteiger partial charge in [-0.05, 0) is 43.3 Å². The van der Waals surface area contributed by atoms with Crippen LogP contribution in [0.1, 0.15) is 23.0 Å². The molecule has 28 heavy (non-hydrogen) atoms. The lowest BCUT2D eigenvalue weighted by Crippen LogP contribution is -2.22. The summed E-state index contributed by atoms with van der Waals surface area (Å²) in [6, 6.07) is 10.1. The SMILES string of the molecule is CCOc1ccc(NC(=O)Cc2csc(NC(=O)c3ccc[nH]c3=O)n2)cc1. The summed E-state index contributed by atoms with van der Waals surface area (Å²) >= 11 is 1.18. The number of amides is 2. The topological polar surface area (TPSA) is 113 Å². The number of anilines is 2. The molecule has 0 aliphatic rings. The number of pyridine rings is 1. The van der Waals surface area contributed by atoms with E-state index in [4.69, 9.17) is 4.74 Å². The number of benzene rings is 1. The van der Waals surface area contributed by atoms with Crippen molar-refractivity contribution >= 4 is 34.0 Å². The van der Waals surface area contributed by atoms with E-state index in [1.54, 1.807) is 35.7 Å². The zero-order valence-corrected chi connectivity index (χ0v) is 15.8. The minimum Gasteiger partial charge on any atom is -0.494 e. The smallest absolute Gasteiger partial charge is 0.263 e. The molecule has 3 rings (SSSR count). The number of nitrogens with one attached hydrogen (secondary N) is 3. The van der Waals surface area contributed by atoms with Crippen LogP contribution in [0, 0.1) is 0 Å². The third kappa shape index (κ3) is 5.04. The Morgan fingerprint density at radius 3 is 2.68 bits per heavy atom. The van der Waals surface area contributed by atoms with E-state index in [0.717, 1.165) is 5.75 Å². The molecule has 0 aliphatic carbocycles. The van der Waals surface area contributed by atoms with E-state index in [1.165, 1.54) is 23.6 Å². The first-order valence-electron chi connectivity index (χ1n) is 8.51. The first kappa shape index (κ1) is 19.3. The molecule has 2 amide bonds. The van der Waals surface area contributed by atoms with Gasteiger partial charge in [0, 0.05) is 17.3 Å². The fourth-order valence-corrected chi connectivity index (χ4v) is 3.09. The van der Waals surface area contributed by atoms with Crippen molar-refractivity contribution in [1.82, 2.24) is 9.97 Å². The Morgan fingerprint density at radius 1 is 1.18 bits per heavy atom. The van der Waals surface area contributed by atoms with Crippen LogP contribution >= 0.6 is 11.3 Å². The standard InChI is InChI=1S/C19H18N4O4S/c1-2-27-14-7-5-12(6-8-14)21-16(24)10-13-11-28-19(22-13)23-18(26)15-4-3-9-20-17(15)25/h3-9,11H,2,10H2,1H3,(H,20,25)(H,21,24)(H,22,23,26). The molecule has 1 aromatic carbocycles. The van der Waals surface area contributed by atoms with Crippen molar-refractivity contribution in [2.24, 2.45) is 0 Å². The van der Waals surface area contributed by atoms with E-state index in [1.807, 2.05) is 6.92 Å². The van der Waals surface area contributed by atoms with Crippen molar-refractivity contribution < 1.29 is 14.3 Å². The molecule has 0 fully saturated rings. The van der Waals surface area contributed by atoms with Crippen LogP contribution in [0.3, 0.4) is 0 Å². The van der Waals surface area contributed by atoms with Crippen molar-refractivity contribution in [1.29, 1.82) is 0 Å². The fraction of sp³-hybridized carbons (Fsp3) is 0.158. The Hall–Kier alpha value is -3.46. The zero-order valence-electron chi connectivity index (χ0n) is 15.0. The van der Waals surface area contributed by atoms with Gasteiger partial charge in [-0.15, -0.1) is 11.3 Å². The molecule has 0 atom stereocenters. The molecular formula is C19H18N4O4S. The van der Waals surface area contributed by atoms with Gasteiger partial charge in [0.2, 0.25) is 5.91 Å². The summed E-state index contributed by atoms with van der Waals surface area (Å²) in [5.74, 6) is -0.0499. The number of ether oxygens (including phenoxy) is 1. The summed E-state index contributed by atoms with van der Waals surface area (Å²) in [6.45, 7) is 2.48. The number of rotatable bonds is 7. The number of aromatic amines is 1. The highest BCUT2D eigenvalue weighted by Crippen LogP contribution is 2.18. The van der Waals surface area contributed by atoms with Gasteiger partial charge in [0.05, 0.1) is 18.7 Å². The van der Waals surface area contributed by atoms with Crippen molar-refractivity contribution in [2.75, 3.05) is 17.2 Å². The van der Waals surface area contributed by atoms with Crippen LogP contribution in [0.4, 0.5) is 10.8 Å². The lowest BCUT2D eigenvalue weighted by molar-refractivity contribution is -0.115. The lowest BCUT2D eigenvalue weighted by Gasteiger charge is -2.06. The average Bonchev–Trinajstić information content (AvgIpc) is 3.10. The number of carbonyl (C=O) groups is 2. The van der Waals surface area contributed by atoms with Gasteiger partial charge in [0.25, 0.3) is 11.5 Å². The van der Waals surface area contributed by atoms with Gasteiger partial charge in [0.15, 0.2) is 5.13 Å². The van der Waals surface area contributed by atoms with Gasteiger partial charge >= 0.3 is 0 Å². The first-order valence-corrected chi connectivity index (χ1v) is 9.39. The van der Waals surface area contributed by atoms with E-state index in [9.17, 15) is 14.4 Å². The summed E-state index contributed by atoms with van der Waals surface area (Å²) in [4.78, 5) is 42.6. The number of H-pyrrole nitrogens is 1. The van der Waals surface area contributed by atoms with Crippen LogP contribution in [-0.4, -0.2) is 28.4 Å². The van der Waals surface area contributed by atoms with E-state index >= 15 is 0 Å². The van der Waals surface area contributed by atoms with Crippen molar-refractivity contribution in [3.05, 3.63) is 69.6 Å². The second-order valence-corrected chi connectivity index (χ2v) is 6.55. The molecule has 0 spiro atoms. The molecule has 3 aromatic rings. The fourth-order valence-electron chi connectivity index (χ4n) is 2.38. The summed E-state index contributed by atoms with van der Waals surface area (Å²) in [5, 5.41) is 7.34. The normalized spacial score (nSPS) is 10.3. The summed E-state index contributed by atoms with van der Waals surface area (Å²) in [5.41, 5.74) is 0.685. The molecule has 0 bridgehead atoms. The lowest BCUT2D eigenvalue weighted by atomic mass is 10.2. The number of hydrogen-bond acceptors (Lipinski definition) is 6. The van der Waals surface area contributed by atoms with Gasteiger partial charge < -0.3 is 15.0 Å².